The molecule has 16 nitrogen and oxygen atoms in total. The monoisotopic (exact) mass is 850 g/mol. The molecular formula is C40H42ClF3N10O6. The molecular weight excluding hydrogens is 809 g/mol. The maximum Gasteiger partial charge on any atom is 0.407 e. The molecule has 0 spiro atoms. The van der Waals surface area contributed by atoms with Crippen molar-refractivity contribution >= 4 is 46.2 Å². The van der Waals surface area contributed by atoms with Crippen LogP contribution in [0.3, 0.4) is 0 Å². The van der Waals surface area contributed by atoms with E-state index < -0.39 is 76.7 Å². The zero-order valence-corrected chi connectivity index (χ0v) is 34.5. The molecule has 3 aromatic carbocycles. The van der Waals surface area contributed by atoms with Gasteiger partial charge in [0.05, 0.1) is 41.4 Å². The number of halogens is 4. The highest BCUT2D eigenvalue weighted by Gasteiger charge is 2.23. The van der Waals surface area contributed by atoms with Crippen molar-refractivity contribution in [2.75, 3.05) is 11.9 Å². The summed E-state index contributed by atoms with van der Waals surface area (Å²) in [6, 6.07) is 9.21. The normalized spacial score (nSPS) is 11.8. The van der Waals surface area contributed by atoms with Gasteiger partial charge in [0.15, 0.2) is 17.5 Å². The van der Waals surface area contributed by atoms with Crippen LogP contribution in [0.15, 0.2) is 64.6 Å². The predicted molar refractivity (Wildman–Crippen MR) is 215 cm³/mol. The van der Waals surface area contributed by atoms with E-state index in [1.807, 2.05) is 0 Å². The van der Waals surface area contributed by atoms with Crippen LogP contribution < -0.4 is 22.0 Å². The van der Waals surface area contributed by atoms with Crippen molar-refractivity contribution in [3.63, 3.8) is 0 Å². The minimum Gasteiger partial charge on any atom is -0.456 e. The Balaban J connectivity index is 1.36. The van der Waals surface area contributed by atoms with Crippen LogP contribution in [0.5, 0.6) is 0 Å². The first kappa shape index (κ1) is 43.1. The van der Waals surface area contributed by atoms with Gasteiger partial charge in [0, 0.05) is 36.8 Å². The molecule has 6 rings (SSSR count). The molecule has 0 aliphatic heterocycles. The number of amides is 1. The Morgan fingerprint density at radius 2 is 1.58 bits per heavy atom. The lowest BCUT2D eigenvalue weighted by molar-refractivity contribution is 0.00689. The molecule has 3 aromatic heterocycles. The van der Waals surface area contributed by atoms with Crippen LogP contribution in [0.2, 0.25) is 5.02 Å². The molecule has 2 N–H and O–H groups in total. The summed E-state index contributed by atoms with van der Waals surface area (Å²) >= 11 is 6.78. The Kier molecular flexibility index (Phi) is 12.2. The molecule has 3 heterocycles. The number of fused-ring (bicyclic) bond motifs is 1. The van der Waals surface area contributed by atoms with Crippen LogP contribution in [-0.4, -0.2) is 68.5 Å². The van der Waals surface area contributed by atoms with Gasteiger partial charge < -0.3 is 20.1 Å². The van der Waals surface area contributed by atoms with Crippen LogP contribution in [0.4, 0.5) is 29.6 Å². The SMILES string of the molecule is Cn1cc2c(CCNC(=O)OC(C)(C)C)c(Nc3nc(=O)n(Cc4ncn(Cc5cccc(C(=O)OC(C)(C)C)c5)n4)c(=O)n3Cc3cc(F)c(F)cc3F)c(Cl)cc2n1. The number of aryl methyl sites for hydroxylation is 1. The standard InChI is InChI=1S/C40H42ClF3N10O6/c1-39(2,3)59-34(55)23-10-8-9-22(13-23)17-52-21-46-32(50-52)20-54-36(56)48-35(53(38(54)58)18-24-14-29(43)30(44)16-28(24)42)47-33-25(11-12-45-37(57)60-40(4,5)6)26-19-51(7)49-31(26)15-27(33)41/h8-10,13-16,19,21H,11-12,17-18,20H2,1-7H3,(H,45,57)(H,47,48,56). The van der Waals surface area contributed by atoms with Crippen molar-refractivity contribution < 1.29 is 32.2 Å². The van der Waals surface area contributed by atoms with Gasteiger partial charge in [-0.15, -0.1) is 0 Å². The Morgan fingerprint density at radius 3 is 2.30 bits per heavy atom. The zero-order valence-electron chi connectivity index (χ0n) is 33.8. The fourth-order valence-electron chi connectivity index (χ4n) is 6.13. The van der Waals surface area contributed by atoms with Crippen LogP contribution in [-0.2, 0) is 42.6 Å². The number of hydrogen-bond donors (Lipinski definition) is 2. The molecule has 0 unspecified atom stereocenters. The van der Waals surface area contributed by atoms with E-state index >= 15 is 4.39 Å². The van der Waals surface area contributed by atoms with Crippen LogP contribution in [0, 0.1) is 17.5 Å². The molecule has 0 saturated heterocycles. The van der Waals surface area contributed by atoms with Crippen molar-refractivity contribution in [1.29, 1.82) is 0 Å². The lowest BCUT2D eigenvalue weighted by Gasteiger charge is -2.20. The molecule has 0 radical (unpaired) electrons. The number of ether oxygens (including phenoxy) is 2. The molecule has 0 aliphatic carbocycles. The van der Waals surface area contributed by atoms with E-state index in [-0.39, 0.29) is 36.0 Å². The van der Waals surface area contributed by atoms with Gasteiger partial charge in [-0.2, -0.15) is 15.2 Å². The number of anilines is 2. The van der Waals surface area contributed by atoms with Gasteiger partial charge >= 0.3 is 23.4 Å². The summed E-state index contributed by atoms with van der Waals surface area (Å²) < 4.78 is 58.9. The highest BCUT2D eigenvalue weighted by atomic mass is 35.5. The summed E-state index contributed by atoms with van der Waals surface area (Å²) in [7, 11) is 1.70. The molecule has 0 bridgehead atoms. The van der Waals surface area contributed by atoms with Crippen LogP contribution in [0.25, 0.3) is 10.9 Å². The van der Waals surface area contributed by atoms with Gasteiger partial charge in [0.25, 0.3) is 0 Å². The number of nitrogens with one attached hydrogen (secondary N) is 2. The minimum atomic E-state index is -1.44. The van der Waals surface area contributed by atoms with Crippen molar-refractivity contribution in [3.8, 4) is 0 Å². The number of benzene rings is 3. The third kappa shape index (κ3) is 10.4. The maximum atomic E-state index is 15.1. The molecule has 0 atom stereocenters. The van der Waals surface area contributed by atoms with Gasteiger partial charge in [-0.05, 0) is 83.4 Å². The second-order valence-electron chi connectivity index (χ2n) is 15.8. The molecule has 6 aromatic rings. The molecule has 0 saturated carbocycles. The van der Waals surface area contributed by atoms with Crippen LogP contribution >= 0.6 is 11.6 Å². The number of nitrogens with zero attached hydrogens (tertiary/aromatic N) is 8. The highest BCUT2D eigenvalue weighted by Crippen LogP contribution is 2.35. The fourth-order valence-corrected chi connectivity index (χ4v) is 6.39. The number of aromatic nitrogens is 8. The largest absolute Gasteiger partial charge is 0.456 e. The lowest BCUT2D eigenvalue weighted by Crippen LogP contribution is -2.43. The molecule has 20 heteroatoms. The first-order valence-electron chi connectivity index (χ1n) is 18.6. The summed E-state index contributed by atoms with van der Waals surface area (Å²) in [6.07, 6.45) is 2.55. The van der Waals surface area contributed by atoms with E-state index in [1.165, 1.54) is 11.0 Å². The predicted octanol–water partition coefficient (Wildman–Crippen LogP) is 5.86. The lowest BCUT2D eigenvalue weighted by atomic mass is 10.0. The van der Waals surface area contributed by atoms with E-state index in [1.54, 1.807) is 89.8 Å². The molecule has 316 valence electrons. The summed E-state index contributed by atoms with van der Waals surface area (Å²) in [5.41, 5.74) is -1.79. The quantitative estimate of drug-likeness (QED) is 0.111. The Hall–Kier alpha value is -6.50. The average molecular weight is 851 g/mol. The molecule has 0 fully saturated rings. The summed E-state index contributed by atoms with van der Waals surface area (Å²) in [6.45, 7) is 9.47. The maximum absolute atomic E-state index is 15.1. The molecule has 60 heavy (non-hydrogen) atoms. The molecule has 1 amide bonds. The van der Waals surface area contributed by atoms with E-state index in [4.69, 9.17) is 21.1 Å². The Morgan fingerprint density at radius 1 is 0.867 bits per heavy atom. The summed E-state index contributed by atoms with van der Waals surface area (Å²) in [5.74, 6) is -4.87. The third-order valence-electron chi connectivity index (χ3n) is 8.62. The number of esters is 1. The van der Waals surface area contributed by atoms with Gasteiger partial charge in [0.2, 0.25) is 5.95 Å². The van der Waals surface area contributed by atoms with E-state index in [2.05, 4.69) is 30.8 Å². The summed E-state index contributed by atoms with van der Waals surface area (Å²) in [4.78, 5) is 61.4. The minimum absolute atomic E-state index is 0.0235. The van der Waals surface area contributed by atoms with Crippen molar-refractivity contribution in [3.05, 3.63) is 127 Å². The van der Waals surface area contributed by atoms with Gasteiger partial charge in [-0.3, -0.25) is 9.25 Å². The number of alkyl carbamates (subject to hydrolysis) is 1. The van der Waals surface area contributed by atoms with E-state index in [0.717, 1.165) is 4.57 Å². The van der Waals surface area contributed by atoms with Gasteiger partial charge in [-0.1, -0.05) is 23.7 Å². The number of hydrogen-bond acceptors (Lipinski definition) is 11. The van der Waals surface area contributed by atoms with E-state index in [9.17, 15) is 28.0 Å². The fraction of sp³-hybridized carbons (Fsp3) is 0.350. The van der Waals surface area contributed by atoms with Crippen molar-refractivity contribution in [1.82, 2.24) is 44.0 Å². The second kappa shape index (κ2) is 17.0. The number of carbonyl (C=O) groups is 2. The van der Waals surface area contributed by atoms with Crippen molar-refractivity contribution in [2.24, 2.45) is 7.05 Å². The topological polar surface area (TPSA) is 182 Å². The highest BCUT2D eigenvalue weighted by molar-refractivity contribution is 6.34. The summed E-state index contributed by atoms with van der Waals surface area (Å²) in [5, 5.41) is 15.1. The number of carbonyl (C=O) groups excluding carboxylic acids is 2. The van der Waals surface area contributed by atoms with E-state index in [0.29, 0.717) is 44.3 Å². The first-order valence-corrected chi connectivity index (χ1v) is 19.0. The van der Waals surface area contributed by atoms with Gasteiger partial charge in [-0.25, -0.2) is 46.6 Å². The van der Waals surface area contributed by atoms with Gasteiger partial charge in [0.1, 0.15) is 23.3 Å². The average Bonchev–Trinajstić information content (AvgIpc) is 3.74. The van der Waals surface area contributed by atoms with Crippen LogP contribution in [0.1, 0.15) is 74.4 Å². The van der Waals surface area contributed by atoms with Crippen molar-refractivity contribution in [2.45, 2.75) is 78.8 Å². The smallest absolute Gasteiger partial charge is 0.407 e. The first-order chi connectivity index (χ1) is 28.1. The third-order valence-corrected chi connectivity index (χ3v) is 8.92. The Labute approximate surface area is 345 Å². The second-order valence-corrected chi connectivity index (χ2v) is 16.2. The number of rotatable bonds is 12. The molecule has 0 aliphatic rings. The Bertz CT molecular complexity index is 2730. The zero-order chi connectivity index (χ0) is 43.7.